The number of benzene rings is 1. The molecule has 1 aromatic carbocycles. The molecule has 1 N–H and O–H groups in total. The Bertz CT molecular complexity index is 622. The van der Waals surface area contributed by atoms with E-state index in [2.05, 4.69) is 33.8 Å². The van der Waals surface area contributed by atoms with Crippen molar-refractivity contribution in [3.8, 4) is 11.3 Å². The first-order chi connectivity index (χ1) is 9.86. The lowest BCUT2D eigenvalue weighted by Gasteiger charge is -2.28. The topological polar surface area (TPSA) is 47.3 Å². The number of hydrogen-bond donors (Lipinski definition) is 1. The van der Waals surface area contributed by atoms with Crippen molar-refractivity contribution in [3.05, 3.63) is 42.4 Å². The van der Waals surface area contributed by atoms with Crippen LogP contribution in [0.5, 0.6) is 0 Å². The largest absolute Gasteiger partial charge is 0.393 e. The van der Waals surface area contributed by atoms with Gasteiger partial charge in [0.1, 0.15) is 0 Å². The van der Waals surface area contributed by atoms with Crippen molar-refractivity contribution in [2.45, 2.75) is 25.0 Å². The number of ether oxygens (including phenoxy) is 1. The average molecular weight is 270 g/mol. The molecule has 0 unspecified atom stereocenters. The molecule has 3 heterocycles. The fourth-order valence-corrected chi connectivity index (χ4v) is 3.55. The molecule has 1 aromatic heterocycles. The molecule has 0 aliphatic carbocycles. The van der Waals surface area contributed by atoms with E-state index >= 15 is 0 Å². The van der Waals surface area contributed by atoms with Crippen molar-refractivity contribution in [1.29, 1.82) is 0 Å². The molecule has 0 amide bonds. The van der Waals surface area contributed by atoms with Gasteiger partial charge in [0.25, 0.3) is 0 Å². The molecule has 4 heteroatoms. The molecule has 2 aliphatic heterocycles. The molecule has 0 bridgehead atoms. The SMILES string of the molecule is O[C@H]1CCCOC[C@@H]1[C@H]1c2ccccc2-c2cncn21. The van der Waals surface area contributed by atoms with Gasteiger partial charge in [0.2, 0.25) is 0 Å². The number of aromatic nitrogens is 2. The average Bonchev–Trinajstić information content (AvgIpc) is 2.97. The Morgan fingerprint density at radius 1 is 1.30 bits per heavy atom. The number of rotatable bonds is 1. The summed E-state index contributed by atoms with van der Waals surface area (Å²) in [5.41, 5.74) is 3.65. The molecule has 2 aliphatic rings. The summed E-state index contributed by atoms with van der Waals surface area (Å²) in [6.45, 7) is 1.36. The first kappa shape index (κ1) is 12.1. The van der Waals surface area contributed by atoms with Gasteiger partial charge in [-0.2, -0.15) is 0 Å². The molecule has 2 aromatic rings. The minimum atomic E-state index is -0.316. The van der Waals surface area contributed by atoms with E-state index in [1.165, 1.54) is 11.1 Å². The summed E-state index contributed by atoms with van der Waals surface area (Å²) in [6.07, 6.45) is 5.21. The van der Waals surface area contributed by atoms with Crippen LogP contribution in [-0.4, -0.2) is 34.0 Å². The Labute approximate surface area is 118 Å². The van der Waals surface area contributed by atoms with Gasteiger partial charge in [-0.3, -0.25) is 0 Å². The highest BCUT2D eigenvalue weighted by Crippen LogP contribution is 2.44. The Kier molecular flexibility index (Phi) is 2.86. The second kappa shape index (κ2) is 4.72. The van der Waals surface area contributed by atoms with Crippen molar-refractivity contribution in [3.63, 3.8) is 0 Å². The monoisotopic (exact) mass is 270 g/mol. The first-order valence-corrected chi connectivity index (χ1v) is 7.23. The third kappa shape index (κ3) is 1.72. The number of aliphatic hydroxyl groups is 1. The fourth-order valence-electron chi connectivity index (χ4n) is 3.55. The van der Waals surface area contributed by atoms with Crippen molar-refractivity contribution in [2.24, 2.45) is 5.92 Å². The molecule has 20 heavy (non-hydrogen) atoms. The van der Waals surface area contributed by atoms with Gasteiger partial charge >= 0.3 is 0 Å². The van der Waals surface area contributed by atoms with E-state index in [0.717, 1.165) is 25.1 Å². The van der Waals surface area contributed by atoms with Crippen LogP contribution in [0.15, 0.2) is 36.8 Å². The second-order valence-corrected chi connectivity index (χ2v) is 5.67. The summed E-state index contributed by atoms with van der Waals surface area (Å²) < 4.78 is 7.89. The third-order valence-electron chi connectivity index (χ3n) is 4.52. The van der Waals surface area contributed by atoms with Crippen molar-refractivity contribution in [1.82, 2.24) is 9.55 Å². The summed E-state index contributed by atoms with van der Waals surface area (Å²) in [7, 11) is 0. The Morgan fingerprint density at radius 3 is 3.15 bits per heavy atom. The van der Waals surface area contributed by atoms with Crippen LogP contribution in [0.25, 0.3) is 11.3 Å². The first-order valence-electron chi connectivity index (χ1n) is 7.23. The number of hydrogen-bond acceptors (Lipinski definition) is 3. The molecule has 0 spiro atoms. The molecule has 104 valence electrons. The normalized spacial score (nSPS) is 28.8. The van der Waals surface area contributed by atoms with Crippen LogP contribution in [0.3, 0.4) is 0 Å². The molecule has 4 rings (SSSR count). The van der Waals surface area contributed by atoms with Crippen molar-refractivity contribution >= 4 is 0 Å². The van der Waals surface area contributed by atoms with E-state index in [1.807, 2.05) is 12.5 Å². The second-order valence-electron chi connectivity index (χ2n) is 5.67. The summed E-state index contributed by atoms with van der Waals surface area (Å²) in [5.74, 6) is 0.0918. The van der Waals surface area contributed by atoms with E-state index in [-0.39, 0.29) is 18.1 Å². The lowest BCUT2D eigenvalue weighted by atomic mass is 9.87. The zero-order valence-corrected chi connectivity index (χ0v) is 11.3. The van der Waals surface area contributed by atoms with E-state index in [9.17, 15) is 5.11 Å². The quantitative estimate of drug-likeness (QED) is 0.864. The predicted octanol–water partition coefficient (Wildman–Crippen LogP) is 2.24. The maximum Gasteiger partial charge on any atom is 0.0956 e. The molecule has 1 fully saturated rings. The summed E-state index contributed by atoms with van der Waals surface area (Å²) in [5, 5.41) is 10.5. The lowest BCUT2D eigenvalue weighted by molar-refractivity contribution is 0.0395. The van der Waals surface area contributed by atoms with Gasteiger partial charge in [-0.1, -0.05) is 24.3 Å². The molecule has 3 atom stereocenters. The smallest absolute Gasteiger partial charge is 0.0956 e. The van der Waals surface area contributed by atoms with Gasteiger partial charge in [0, 0.05) is 18.1 Å². The zero-order valence-electron chi connectivity index (χ0n) is 11.3. The van der Waals surface area contributed by atoms with E-state index < -0.39 is 0 Å². The number of imidazole rings is 1. The standard InChI is InChI=1S/C16H18N2O2/c19-15-6-3-7-20-9-13(15)16-12-5-2-1-4-11(12)14-8-17-10-18(14)16/h1-2,4-5,8,10,13,15-16,19H,3,6-7,9H2/t13-,15-,16+/m0/s1. The number of fused-ring (bicyclic) bond motifs is 3. The Hall–Kier alpha value is -1.65. The van der Waals surface area contributed by atoms with Gasteiger partial charge in [-0.15, -0.1) is 0 Å². The fraction of sp³-hybridized carbons (Fsp3) is 0.438. The van der Waals surface area contributed by atoms with E-state index in [4.69, 9.17) is 4.74 Å². The molecular formula is C16H18N2O2. The minimum Gasteiger partial charge on any atom is -0.393 e. The van der Waals surface area contributed by atoms with Crippen LogP contribution in [0.2, 0.25) is 0 Å². The van der Waals surface area contributed by atoms with Crippen LogP contribution < -0.4 is 0 Å². The van der Waals surface area contributed by atoms with Gasteiger partial charge in [-0.05, 0) is 18.4 Å². The zero-order chi connectivity index (χ0) is 13.5. The van der Waals surface area contributed by atoms with Crippen LogP contribution in [0, 0.1) is 5.92 Å². The Morgan fingerprint density at radius 2 is 2.20 bits per heavy atom. The number of nitrogens with zero attached hydrogens (tertiary/aromatic N) is 2. The highest BCUT2D eigenvalue weighted by Gasteiger charge is 2.38. The Balaban J connectivity index is 1.81. The van der Waals surface area contributed by atoms with Crippen LogP contribution in [0.4, 0.5) is 0 Å². The van der Waals surface area contributed by atoms with Crippen LogP contribution >= 0.6 is 0 Å². The van der Waals surface area contributed by atoms with Gasteiger partial charge in [0.15, 0.2) is 0 Å². The summed E-state index contributed by atoms with van der Waals surface area (Å²) in [6, 6.07) is 8.54. The van der Waals surface area contributed by atoms with E-state index in [1.54, 1.807) is 0 Å². The maximum absolute atomic E-state index is 10.5. The predicted molar refractivity (Wildman–Crippen MR) is 75.4 cm³/mol. The van der Waals surface area contributed by atoms with Crippen molar-refractivity contribution < 1.29 is 9.84 Å². The highest BCUT2D eigenvalue weighted by atomic mass is 16.5. The summed E-state index contributed by atoms with van der Waals surface area (Å²) in [4.78, 5) is 4.28. The maximum atomic E-state index is 10.5. The molecule has 1 saturated heterocycles. The minimum absolute atomic E-state index is 0.0918. The molecule has 0 saturated carbocycles. The van der Waals surface area contributed by atoms with Crippen LogP contribution in [-0.2, 0) is 4.74 Å². The number of aliphatic hydroxyl groups excluding tert-OH is 1. The highest BCUT2D eigenvalue weighted by molar-refractivity contribution is 5.69. The molecule has 0 radical (unpaired) electrons. The van der Waals surface area contributed by atoms with Gasteiger partial charge < -0.3 is 14.4 Å². The van der Waals surface area contributed by atoms with E-state index in [0.29, 0.717) is 6.61 Å². The molecule has 4 nitrogen and oxygen atoms in total. The van der Waals surface area contributed by atoms with Gasteiger partial charge in [-0.25, -0.2) is 4.98 Å². The third-order valence-corrected chi connectivity index (χ3v) is 4.52. The molecular weight excluding hydrogens is 252 g/mol. The van der Waals surface area contributed by atoms with Gasteiger partial charge in [0.05, 0.1) is 37.0 Å². The van der Waals surface area contributed by atoms with Crippen LogP contribution in [0.1, 0.15) is 24.4 Å². The summed E-state index contributed by atoms with van der Waals surface area (Å²) >= 11 is 0. The lowest BCUT2D eigenvalue weighted by Crippen LogP contribution is -2.31. The van der Waals surface area contributed by atoms with Crippen molar-refractivity contribution in [2.75, 3.05) is 13.2 Å².